The topological polar surface area (TPSA) is 84.8 Å². The highest BCUT2D eigenvalue weighted by Gasteiger charge is 2.33. The fourth-order valence-electron chi connectivity index (χ4n) is 3.37. The summed E-state index contributed by atoms with van der Waals surface area (Å²) < 4.78 is 16.7. The Kier molecular flexibility index (Phi) is 4.42. The van der Waals surface area contributed by atoms with Gasteiger partial charge in [0.2, 0.25) is 0 Å². The first kappa shape index (κ1) is 16.1. The summed E-state index contributed by atoms with van der Waals surface area (Å²) in [6.45, 7) is 2.12. The maximum absolute atomic E-state index is 12.8. The van der Waals surface area contributed by atoms with Crippen molar-refractivity contribution < 1.29 is 18.7 Å². The number of hydrogen-bond donors (Lipinski definition) is 1. The molecule has 2 fully saturated rings. The van der Waals surface area contributed by atoms with Crippen LogP contribution in [0.2, 0.25) is 0 Å². The number of carbonyl (C=O) groups excluding carboxylic acids is 1. The van der Waals surface area contributed by atoms with Crippen molar-refractivity contribution in [2.45, 2.75) is 25.0 Å². The molecule has 0 radical (unpaired) electrons. The summed E-state index contributed by atoms with van der Waals surface area (Å²) in [5, 5.41) is 0. The molecule has 2 aromatic heterocycles. The summed E-state index contributed by atoms with van der Waals surface area (Å²) in [7, 11) is 0. The molecule has 2 unspecified atom stereocenters. The Morgan fingerprint density at radius 2 is 2.04 bits per heavy atom. The van der Waals surface area contributed by atoms with E-state index in [1.54, 1.807) is 29.2 Å². The molecule has 2 atom stereocenters. The van der Waals surface area contributed by atoms with E-state index in [2.05, 4.69) is 4.98 Å². The van der Waals surface area contributed by atoms with Gasteiger partial charge in [-0.2, -0.15) is 0 Å². The number of H-pyrrole nitrogens is 1. The van der Waals surface area contributed by atoms with Crippen LogP contribution in [0.3, 0.4) is 0 Å². The molecule has 0 saturated carbocycles. The molecule has 0 spiro atoms. The first-order valence-corrected chi connectivity index (χ1v) is 8.52. The van der Waals surface area contributed by atoms with Gasteiger partial charge in [0.25, 0.3) is 11.5 Å². The minimum Gasteiger partial charge on any atom is -0.463 e. The molecular weight excluding hydrogens is 324 g/mol. The minimum atomic E-state index is -0.418. The molecule has 0 aromatic carbocycles. The average molecular weight is 344 g/mol. The molecule has 25 heavy (non-hydrogen) atoms. The Bertz CT molecular complexity index is 792. The number of pyridine rings is 1. The van der Waals surface area contributed by atoms with Gasteiger partial charge in [-0.25, -0.2) is 0 Å². The van der Waals surface area contributed by atoms with Gasteiger partial charge in [0.05, 0.1) is 24.7 Å². The molecule has 7 nitrogen and oxygen atoms in total. The van der Waals surface area contributed by atoms with Crippen molar-refractivity contribution in [3.05, 3.63) is 46.4 Å². The van der Waals surface area contributed by atoms with Gasteiger partial charge in [0.1, 0.15) is 17.4 Å². The zero-order valence-corrected chi connectivity index (χ0v) is 13.8. The first-order chi connectivity index (χ1) is 12.2. The van der Waals surface area contributed by atoms with Crippen molar-refractivity contribution in [2.24, 2.45) is 0 Å². The van der Waals surface area contributed by atoms with Crippen molar-refractivity contribution in [1.82, 2.24) is 9.88 Å². The molecule has 2 aromatic rings. The van der Waals surface area contributed by atoms with Crippen LogP contribution in [0.15, 0.2) is 39.7 Å². The van der Waals surface area contributed by atoms with Crippen molar-refractivity contribution in [3.8, 4) is 11.5 Å². The Labute approximate surface area is 144 Å². The van der Waals surface area contributed by atoms with Gasteiger partial charge in [-0.1, -0.05) is 0 Å². The number of nitrogens with zero attached hydrogens (tertiary/aromatic N) is 1. The predicted octanol–water partition coefficient (Wildman–Crippen LogP) is 1.65. The summed E-state index contributed by atoms with van der Waals surface area (Å²) >= 11 is 0. The lowest BCUT2D eigenvalue weighted by Gasteiger charge is -2.35. The van der Waals surface area contributed by atoms with E-state index in [-0.39, 0.29) is 23.7 Å². The van der Waals surface area contributed by atoms with Crippen LogP contribution in [-0.4, -0.2) is 54.3 Å². The van der Waals surface area contributed by atoms with Gasteiger partial charge in [0, 0.05) is 19.7 Å². The zero-order valence-electron chi connectivity index (χ0n) is 13.8. The second-order valence-electron chi connectivity index (χ2n) is 6.30. The van der Waals surface area contributed by atoms with Crippen LogP contribution in [0.1, 0.15) is 23.2 Å². The molecule has 2 aliphatic heterocycles. The van der Waals surface area contributed by atoms with E-state index in [1.165, 1.54) is 6.26 Å². The third-order valence-electron chi connectivity index (χ3n) is 4.69. The Morgan fingerprint density at radius 1 is 1.16 bits per heavy atom. The number of amides is 1. The number of carbonyl (C=O) groups is 1. The maximum atomic E-state index is 12.8. The largest absolute Gasteiger partial charge is 0.463 e. The number of aromatic nitrogens is 1. The van der Waals surface area contributed by atoms with E-state index in [0.29, 0.717) is 31.2 Å². The summed E-state index contributed by atoms with van der Waals surface area (Å²) in [5.41, 5.74) is 0.258. The number of ether oxygens (including phenoxy) is 2. The Hall–Kier alpha value is -2.38. The smallest absolute Gasteiger partial charge is 0.261 e. The molecule has 2 saturated heterocycles. The van der Waals surface area contributed by atoms with Gasteiger partial charge < -0.3 is 23.8 Å². The third kappa shape index (κ3) is 3.25. The van der Waals surface area contributed by atoms with Crippen molar-refractivity contribution in [2.75, 3.05) is 26.3 Å². The summed E-state index contributed by atoms with van der Waals surface area (Å²) in [6, 6.07) is 6.73. The number of aromatic amines is 1. The molecule has 0 bridgehead atoms. The number of furan rings is 1. The van der Waals surface area contributed by atoms with Crippen molar-refractivity contribution in [1.29, 1.82) is 0 Å². The van der Waals surface area contributed by atoms with Crippen LogP contribution in [0.5, 0.6) is 0 Å². The van der Waals surface area contributed by atoms with E-state index < -0.39 is 5.56 Å². The maximum Gasteiger partial charge on any atom is 0.261 e. The SMILES string of the molecule is O=C(c1ccc(-c2ccco2)[nH]c1=O)N1CCOC(C2CCCO2)C1. The van der Waals surface area contributed by atoms with Gasteiger partial charge in [-0.15, -0.1) is 0 Å². The first-order valence-electron chi connectivity index (χ1n) is 8.52. The van der Waals surface area contributed by atoms with E-state index in [9.17, 15) is 9.59 Å². The van der Waals surface area contributed by atoms with E-state index in [4.69, 9.17) is 13.9 Å². The molecule has 1 N–H and O–H groups in total. The Morgan fingerprint density at radius 3 is 2.76 bits per heavy atom. The van der Waals surface area contributed by atoms with Gasteiger partial charge in [-0.3, -0.25) is 9.59 Å². The third-order valence-corrected chi connectivity index (χ3v) is 4.69. The number of nitrogens with one attached hydrogen (secondary N) is 1. The predicted molar refractivity (Wildman–Crippen MR) is 89.4 cm³/mol. The fourth-order valence-corrected chi connectivity index (χ4v) is 3.37. The highest BCUT2D eigenvalue weighted by molar-refractivity contribution is 5.94. The normalized spacial score (nSPS) is 23.8. The molecule has 2 aliphatic rings. The highest BCUT2D eigenvalue weighted by Crippen LogP contribution is 2.22. The van der Waals surface area contributed by atoms with E-state index in [1.807, 2.05) is 0 Å². The van der Waals surface area contributed by atoms with Crippen LogP contribution in [-0.2, 0) is 9.47 Å². The minimum absolute atomic E-state index is 0.0372. The second kappa shape index (κ2) is 6.85. The van der Waals surface area contributed by atoms with Crippen LogP contribution >= 0.6 is 0 Å². The van der Waals surface area contributed by atoms with Crippen LogP contribution in [0.25, 0.3) is 11.5 Å². The highest BCUT2D eigenvalue weighted by atomic mass is 16.5. The molecule has 4 heterocycles. The number of morpholine rings is 1. The molecule has 4 rings (SSSR count). The number of hydrogen-bond acceptors (Lipinski definition) is 5. The molecule has 0 aliphatic carbocycles. The molecule has 7 heteroatoms. The number of rotatable bonds is 3. The molecule has 1 amide bonds. The molecular formula is C18H20N2O5. The fraction of sp³-hybridized carbons (Fsp3) is 0.444. The Balaban J connectivity index is 1.51. The zero-order chi connectivity index (χ0) is 17.2. The van der Waals surface area contributed by atoms with Crippen LogP contribution in [0, 0.1) is 0 Å². The van der Waals surface area contributed by atoms with Crippen molar-refractivity contribution >= 4 is 5.91 Å². The monoisotopic (exact) mass is 344 g/mol. The van der Waals surface area contributed by atoms with Crippen LogP contribution < -0.4 is 5.56 Å². The lowest BCUT2D eigenvalue weighted by atomic mass is 10.1. The van der Waals surface area contributed by atoms with E-state index >= 15 is 0 Å². The second-order valence-corrected chi connectivity index (χ2v) is 6.30. The lowest BCUT2D eigenvalue weighted by molar-refractivity contribution is -0.0868. The van der Waals surface area contributed by atoms with Gasteiger partial charge in [-0.05, 0) is 37.1 Å². The van der Waals surface area contributed by atoms with Gasteiger partial charge >= 0.3 is 0 Å². The quantitative estimate of drug-likeness (QED) is 0.915. The van der Waals surface area contributed by atoms with Crippen molar-refractivity contribution in [3.63, 3.8) is 0 Å². The van der Waals surface area contributed by atoms with Crippen LogP contribution in [0.4, 0.5) is 0 Å². The van der Waals surface area contributed by atoms with Gasteiger partial charge in [0.15, 0.2) is 0 Å². The summed E-state index contributed by atoms with van der Waals surface area (Å²) in [5.74, 6) is 0.277. The molecule has 132 valence electrons. The lowest BCUT2D eigenvalue weighted by Crippen LogP contribution is -2.50. The standard InChI is InChI=1S/C18H20N2O5/c21-17-12(5-6-13(19-17)14-3-1-8-23-14)18(22)20-7-10-25-16(11-20)15-4-2-9-24-15/h1,3,5-6,8,15-16H,2,4,7,9-11H2,(H,19,21). The van der Waals surface area contributed by atoms with E-state index in [0.717, 1.165) is 19.4 Å². The average Bonchev–Trinajstić information content (AvgIpc) is 3.35. The summed E-state index contributed by atoms with van der Waals surface area (Å²) in [6.07, 6.45) is 3.42. The summed E-state index contributed by atoms with van der Waals surface area (Å²) in [4.78, 5) is 29.5.